The van der Waals surface area contributed by atoms with Gasteiger partial charge in [-0.1, -0.05) is 0 Å². The van der Waals surface area contributed by atoms with E-state index in [0.29, 0.717) is 32.0 Å². The zero-order valence-electron chi connectivity index (χ0n) is 11.0. The molecule has 0 radical (unpaired) electrons. The monoisotopic (exact) mass is 303 g/mol. The van der Waals surface area contributed by atoms with Gasteiger partial charge in [0.05, 0.1) is 11.2 Å². The van der Waals surface area contributed by atoms with E-state index >= 15 is 0 Å². The SMILES string of the molecule is CS(=O)(=O)NCCNCCOc1ccc([N+](=O)[O-])cc1. The highest BCUT2D eigenvalue weighted by atomic mass is 32.2. The van der Waals surface area contributed by atoms with Crippen LogP contribution in [-0.4, -0.2) is 45.8 Å². The molecule has 1 rings (SSSR count). The molecule has 112 valence electrons. The average Bonchev–Trinajstić information content (AvgIpc) is 2.37. The molecule has 2 N–H and O–H groups in total. The van der Waals surface area contributed by atoms with Gasteiger partial charge in [-0.05, 0) is 12.1 Å². The summed E-state index contributed by atoms with van der Waals surface area (Å²) in [6, 6.07) is 5.81. The van der Waals surface area contributed by atoms with Gasteiger partial charge in [0.15, 0.2) is 0 Å². The number of nitro groups is 1. The van der Waals surface area contributed by atoms with Crippen molar-refractivity contribution < 1.29 is 18.1 Å². The third kappa shape index (κ3) is 7.02. The Morgan fingerprint density at radius 1 is 1.20 bits per heavy atom. The van der Waals surface area contributed by atoms with Crippen LogP contribution in [0.15, 0.2) is 24.3 Å². The predicted molar refractivity (Wildman–Crippen MR) is 74.3 cm³/mol. The minimum absolute atomic E-state index is 0.0160. The van der Waals surface area contributed by atoms with Crippen molar-refractivity contribution in [3.8, 4) is 5.75 Å². The standard InChI is InChI=1S/C11H17N3O5S/c1-20(17,18)13-7-6-12-8-9-19-11-4-2-10(3-5-11)14(15)16/h2-5,12-13H,6-9H2,1H3. The molecule has 0 aromatic heterocycles. The molecule has 1 aromatic rings. The molecule has 0 amide bonds. The van der Waals surface area contributed by atoms with Crippen LogP contribution in [0.25, 0.3) is 0 Å². The molecule has 0 aliphatic heterocycles. The number of ether oxygens (including phenoxy) is 1. The Bertz CT molecular complexity index is 529. The molecular weight excluding hydrogens is 286 g/mol. The van der Waals surface area contributed by atoms with Crippen molar-refractivity contribution in [1.29, 1.82) is 0 Å². The number of rotatable bonds is 9. The Balaban J connectivity index is 2.14. The van der Waals surface area contributed by atoms with Crippen molar-refractivity contribution in [2.75, 3.05) is 32.5 Å². The first kappa shape index (κ1) is 16.3. The normalized spacial score (nSPS) is 11.2. The first-order valence-corrected chi connectivity index (χ1v) is 7.80. The van der Waals surface area contributed by atoms with E-state index in [2.05, 4.69) is 10.0 Å². The van der Waals surface area contributed by atoms with Crippen LogP contribution in [0.1, 0.15) is 0 Å². The average molecular weight is 303 g/mol. The number of benzene rings is 1. The molecule has 1 aromatic carbocycles. The molecule has 0 aliphatic carbocycles. The van der Waals surface area contributed by atoms with Crippen molar-refractivity contribution in [3.05, 3.63) is 34.4 Å². The summed E-state index contributed by atoms with van der Waals surface area (Å²) >= 11 is 0. The summed E-state index contributed by atoms with van der Waals surface area (Å²) < 4.78 is 29.3. The van der Waals surface area contributed by atoms with Crippen LogP contribution in [0.2, 0.25) is 0 Å². The van der Waals surface area contributed by atoms with Gasteiger partial charge in [0.25, 0.3) is 5.69 Å². The molecule has 0 bridgehead atoms. The highest BCUT2D eigenvalue weighted by molar-refractivity contribution is 7.88. The summed E-state index contributed by atoms with van der Waals surface area (Å²) in [4.78, 5) is 9.98. The van der Waals surface area contributed by atoms with Crippen LogP contribution < -0.4 is 14.8 Å². The molecule has 0 heterocycles. The van der Waals surface area contributed by atoms with E-state index in [-0.39, 0.29) is 5.69 Å². The van der Waals surface area contributed by atoms with E-state index in [1.807, 2.05) is 0 Å². The van der Waals surface area contributed by atoms with Gasteiger partial charge in [0.1, 0.15) is 12.4 Å². The van der Waals surface area contributed by atoms with E-state index in [9.17, 15) is 18.5 Å². The largest absolute Gasteiger partial charge is 0.492 e. The van der Waals surface area contributed by atoms with Crippen LogP contribution >= 0.6 is 0 Å². The summed E-state index contributed by atoms with van der Waals surface area (Å²) in [5.41, 5.74) is 0.0160. The highest BCUT2D eigenvalue weighted by Gasteiger charge is 2.04. The molecule has 0 aliphatic rings. The van der Waals surface area contributed by atoms with E-state index < -0.39 is 14.9 Å². The third-order valence-electron chi connectivity index (χ3n) is 2.26. The maximum absolute atomic E-state index is 10.8. The minimum atomic E-state index is -3.15. The second kappa shape index (κ2) is 7.78. The number of nitro benzene ring substituents is 1. The third-order valence-corrected chi connectivity index (χ3v) is 2.99. The minimum Gasteiger partial charge on any atom is -0.492 e. The lowest BCUT2D eigenvalue weighted by molar-refractivity contribution is -0.384. The van der Waals surface area contributed by atoms with Gasteiger partial charge in [0.2, 0.25) is 10.0 Å². The zero-order chi connectivity index (χ0) is 15.0. The van der Waals surface area contributed by atoms with Crippen molar-refractivity contribution in [2.24, 2.45) is 0 Å². The van der Waals surface area contributed by atoms with Crippen molar-refractivity contribution in [1.82, 2.24) is 10.0 Å². The van der Waals surface area contributed by atoms with E-state index in [4.69, 9.17) is 4.74 Å². The first-order valence-electron chi connectivity index (χ1n) is 5.91. The molecule has 0 saturated carbocycles. The van der Waals surface area contributed by atoms with Crippen LogP contribution in [0.3, 0.4) is 0 Å². The molecule has 9 heteroatoms. The Labute approximate surface area is 117 Å². The number of nitrogens with one attached hydrogen (secondary N) is 2. The summed E-state index contributed by atoms with van der Waals surface area (Å²) in [6.07, 6.45) is 1.10. The molecule has 20 heavy (non-hydrogen) atoms. The van der Waals surface area contributed by atoms with Gasteiger partial charge in [0, 0.05) is 31.8 Å². The fourth-order valence-corrected chi connectivity index (χ4v) is 1.83. The van der Waals surface area contributed by atoms with Crippen LogP contribution in [-0.2, 0) is 10.0 Å². The van der Waals surface area contributed by atoms with Crippen LogP contribution in [0.4, 0.5) is 5.69 Å². The highest BCUT2D eigenvalue weighted by Crippen LogP contribution is 2.16. The smallest absolute Gasteiger partial charge is 0.269 e. The lowest BCUT2D eigenvalue weighted by Gasteiger charge is -2.07. The van der Waals surface area contributed by atoms with E-state index in [1.54, 1.807) is 0 Å². The lowest BCUT2D eigenvalue weighted by atomic mass is 10.3. The lowest BCUT2D eigenvalue weighted by Crippen LogP contribution is -2.32. The second-order valence-electron chi connectivity index (χ2n) is 4.02. The van der Waals surface area contributed by atoms with E-state index in [0.717, 1.165) is 6.26 Å². The van der Waals surface area contributed by atoms with Gasteiger partial charge < -0.3 is 10.1 Å². The van der Waals surface area contributed by atoms with Gasteiger partial charge in [-0.25, -0.2) is 13.1 Å². The fraction of sp³-hybridized carbons (Fsp3) is 0.455. The zero-order valence-corrected chi connectivity index (χ0v) is 11.9. The number of nitrogens with zero attached hydrogens (tertiary/aromatic N) is 1. The van der Waals surface area contributed by atoms with E-state index in [1.165, 1.54) is 24.3 Å². The quantitative estimate of drug-likeness (QED) is 0.380. The van der Waals surface area contributed by atoms with Gasteiger partial charge in [-0.15, -0.1) is 0 Å². The summed E-state index contributed by atoms with van der Waals surface area (Å²) in [5.74, 6) is 0.548. The molecule has 0 spiro atoms. The topological polar surface area (TPSA) is 111 Å². The van der Waals surface area contributed by atoms with Gasteiger partial charge >= 0.3 is 0 Å². The predicted octanol–water partition coefficient (Wildman–Crippen LogP) is 0.112. The number of sulfonamides is 1. The number of hydrogen-bond acceptors (Lipinski definition) is 6. The Hall–Kier alpha value is -1.71. The summed E-state index contributed by atoms with van der Waals surface area (Å²) in [7, 11) is -3.15. The van der Waals surface area contributed by atoms with Gasteiger partial charge in [-0.3, -0.25) is 10.1 Å². The summed E-state index contributed by atoms with van der Waals surface area (Å²) in [6.45, 7) is 1.74. The fourth-order valence-electron chi connectivity index (χ4n) is 1.35. The molecular formula is C11H17N3O5S. The maximum Gasteiger partial charge on any atom is 0.269 e. The Morgan fingerprint density at radius 3 is 2.40 bits per heavy atom. The maximum atomic E-state index is 10.8. The molecule has 0 atom stereocenters. The second-order valence-corrected chi connectivity index (χ2v) is 5.85. The summed E-state index contributed by atoms with van der Waals surface area (Å²) in [5, 5.41) is 13.4. The van der Waals surface area contributed by atoms with Crippen LogP contribution in [0.5, 0.6) is 5.75 Å². The van der Waals surface area contributed by atoms with Gasteiger partial charge in [-0.2, -0.15) is 0 Å². The van der Waals surface area contributed by atoms with Crippen LogP contribution in [0, 0.1) is 10.1 Å². The van der Waals surface area contributed by atoms with Crippen molar-refractivity contribution in [3.63, 3.8) is 0 Å². The number of non-ortho nitro benzene ring substituents is 1. The van der Waals surface area contributed by atoms with Crippen molar-refractivity contribution >= 4 is 15.7 Å². The molecule has 0 saturated heterocycles. The van der Waals surface area contributed by atoms with Crippen molar-refractivity contribution in [2.45, 2.75) is 0 Å². The molecule has 0 fully saturated rings. The molecule has 8 nitrogen and oxygen atoms in total. The first-order chi connectivity index (χ1) is 9.38. The Morgan fingerprint density at radius 2 is 1.85 bits per heavy atom. The Kier molecular flexibility index (Phi) is 6.36. The molecule has 0 unspecified atom stereocenters. The number of hydrogen-bond donors (Lipinski definition) is 2.